The van der Waals surface area contributed by atoms with Gasteiger partial charge in [0.05, 0.1) is 0 Å². The molecule has 0 spiro atoms. The Kier molecular flexibility index (Phi) is 4.91. The molecule has 6 nitrogen and oxygen atoms in total. The van der Waals surface area contributed by atoms with Crippen molar-refractivity contribution in [2.45, 2.75) is 39.2 Å². The van der Waals surface area contributed by atoms with Gasteiger partial charge < -0.3 is 10.2 Å². The number of hydrogen-bond donors (Lipinski definition) is 2. The van der Waals surface area contributed by atoms with Gasteiger partial charge in [-0.25, -0.2) is 14.5 Å². The van der Waals surface area contributed by atoms with E-state index in [2.05, 4.69) is 10.1 Å². The summed E-state index contributed by atoms with van der Waals surface area (Å²) in [7, 11) is 0. The van der Waals surface area contributed by atoms with Crippen LogP contribution >= 0.6 is 0 Å². The van der Waals surface area contributed by atoms with Crippen LogP contribution in [-0.2, 0) is 6.54 Å². The number of hydrogen-bond acceptors (Lipinski definition) is 4. The molecule has 0 fully saturated rings. The molecule has 2 N–H and O–H groups in total. The van der Waals surface area contributed by atoms with Crippen LogP contribution < -0.4 is 0 Å². The highest BCUT2D eigenvalue weighted by Gasteiger charge is 2.11. The van der Waals surface area contributed by atoms with Gasteiger partial charge in [0.25, 0.3) is 5.82 Å². The Morgan fingerprint density at radius 3 is 2.56 bits per heavy atom. The van der Waals surface area contributed by atoms with Crippen molar-refractivity contribution >= 4 is 5.97 Å². The lowest BCUT2D eigenvalue weighted by Gasteiger charge is -2.02. The Morgan fingerprint density at radius 1 is 1.31 bits per heavy atom. The van der Waals surface area contributed by atoms with E-state index >= 15 is 0 Å². The number of aromatic nitrogens is 3. The van der Waals surface area contributed by atoms with Crippen molar-refractivity contribution in [1.82, 2.24) is 14.8 Å². The fraction of sp³-hybridized carbons (Fsp3) is 0.700. The highest BCUT2D eigenvalue weighted by molar-refractivity contribution is 5.82. The molecule has 1 rings (SSSR count). The van der Waals surface area contributed by atoms with Gasteiger partial charge in [0.2, 0.25) is 0 Å². The predicted octanol–water partition coefficient (Wildman–Crippen LogP) is 0.837. The van der Waals surface area contributed by atoms with E-state index in [9.17, 15) is 4.79 Å². The van der Waals surface area contributed by atoms with Crippen LogP contribution in [0.2, 0.25) is 0 Å². The molecule has 0 atom stereocenters. The average Bonchev–Trinajstić information content (AvgIpc) is 2.60. The molecule has 0 amide bonds. The van der Waals surface area contributed by atoms with Crippen LogP contribution in [0.15, 0.2) is 0 Å². The molecule has 16 heavy (non-hydrogen) atoms. The number of aliphatic hydroxyl groups is 1. The summed E-state index contributed by atoms with van der Waals surface area (Å²) in [5.74, 6) is -0.616. The first kappa shape index (κ1) is 12.6. The summed E-state index contributed by atoms with van der Waals surface area (Å²) in [6, 6.07) is 0. The molecule has 6 heteroatoms. The van der Waals surface area contributed by atoms with Crippen molar-refractivity contribution in [3.8, 4) is 0 Å². The molecule has 0 bridgehead atoms. The predicted molar refractivity (Wildman–Crippen MR) is 57.3 cm³/mol. The first-order chi connectivity index (χ1) is 7.65. The maximum Gasteiger partial charge on any atom is 0.375 e. The van der Waals surface area contributed by atoms with Gasteiger partial charge >= 0.3 is 5.97 Å². The first-order valence-electron chi connectivity index (χ1n) is 5.40. The van der Waals surface area contributed by atoms with Gasteiger partial charge in [-0.15, -0.1) is 5.10 Å². The number of rotatable bonds is 7. The van der Waals surface area contributed by atoms with Crippen molar-refractivity contribution in [3.63, 3.8) is 0 Å². The smallest absolute Gasteiger partial charge is 0.375 e. The minimum absolute atomic E-state index is 0.146. The van der Waals surface area contributed by atoms with Crippen LogP contribution in [0.1, 0.15) is 42.1 Å². The number of carbonyl (C=O) groups is 1. The summed E-state index contributed by atoms with van der Waals surface area (Å²) in [6.45, 7) is 2.65. The molecule has 0 unspecified atom stereocenters. The minimum Gasteiger partial charge on any atom is -0.475 e. The summed E-state index contributed by atoms with van der Waals surface area (Å²) in [4.78, 5) is 14.5. The van der Waals surface area contributed by atoms with Gasteiger partial charge in [0.15, 0.2) is 0 Å². The second kappa shape index (κ2) is 6.22. The van der Waals surface area contributed by atoms with Gasteiger partial charge in [-0.3, -0.25) is 0 Å². The van der Waals surface area contributed by atoms with E-state index in [1.165, 1.54) is 0 Å². The SMILES string of the molecule is Cc1nc(C(=O)O)nn1CCCCCCO. The zero-order valence-electron chi connectivity index (χ0n) is 9.39. The number of carboxylic acids is 1. The van der Waals surface area contributed by atoms with Gasteiger partial charge in [0, 0.05) is 13.2 Å². The normalized spacial score (nSPS) is 10.6. The zero-order chi connectivity index (χ0) is 12.0. The van der Waals surface area contributed by atoms with Crippen molar-refractivity contribution in [2.24, 2.45) is 0 Å². The molecule has 0 radical (unpaired) electrons. The van der Waals surface area contributed by atoms with Gasteiger partial charge in [-0.05, 0) is 19.8 Å². The van der Waals surface area contributed by atoms with Crippen molar-refractivity contribution in [1.29, 1.82) is 0 Å². The molecule has 0 aliphatic rings. The van der Waals surface area contributed by atoms with Crippen molar-refractivity contribution in [3.05, 3.63) is 11.6 Å². The fourth-order valence-electron chi connectivity index (χ4n) is 1.45. The second-order valence-corrected chi connectivity index (χ2v) is 3.65. The summed E-state index contributed by atoms with van der Waals surface area (Å²) >= 11 is 0. The van der Waals surface area contributed by atoms with Crippen LogP contribution in [0.4, 0.5) is 0 Å². The van der Waals surface area contributed by atoms with E-state index < -0.39 is 5.97 Å². The molecule has 1 aromatic rings. The quantitative estimate of drug-likeness (QED) is 0.674. The van der Waals surface area contributed by atoms with Gasteiger partial charge in [-0.1, -0.05) is 12.8 Å². The largest absolute Gasteiger partial charge is 0.475 e. The maximum atomic E-state index is 10.6. The molecule has 0 aliphatic heterocycles. The van der Waals surface area contributed by atoms with E-state index in [0.29, 0.717) is 12.4 Å². The molecule has 1 heterocycles. The van der Waals surface area contributed by atoms with Crippen LogP contribution in [0.5, 0.6) is 0 Å². The zero-order valence-corrected chi connectivity index (χ0v) is 9.39. The average molecular weight is 227 g/mol. The lowest BCUT2D eigenvalue weighted by atomic mass is 10.2. The topological polar surface area (TPSA) is 88.2 Å². The number of aliphatic hydroxyl groups excluding tert-OH is 1. The number of aryl methyl sites for hydroxylation is 2. The number of unbranched alkanes of at least 4 members (excludes halogenated alkanes) is 3. The van der Waals surface area contributed by atoms with Crippen LogP contribution in [0.25, 0.3) is 0 Å². The third kappa shape index (κ3) is 3.62. The standard InChI is InChI=1S/C10H17N3O3/c1-8-11-9(10(15)16)12-13(8)6-4-2-3-5-7-14/h14H,2-7H2,1H3,(H,15,16). The number of nitrogens with zero attached hydrogens (tertiary/aromatic N) is 3. The monoisotopic (exact) mass is 227 g/mol. The lowest BCUT2D eigenvalue weighted by Crippen LogP contribution is -2.04. The Hall–Kier alpha value is -1.43. The molecular weight excluding hydrogens is 210 g/mol. The van der Waals surface area contributed by atoms with E-state index in [1.807, 2.05) is 0 Å². The fourth-order valence-corrected chi connectivity index (χ4v) is 1.45. The minimum atomic E-state index is -1.10. The Balaban J connectivity index is 2.39. The van der Waals surface area contributed by atoms with E-state index in [-0.39, 0.29) is 12.4 Å². The molecule has 0 saturated carbocycles. The second-order valence-electron chi connectivity index (χ2n) is 3.65. The highest BCUT2D eigenvalue weighted by Crippen LogP contribution is 2.04. The van der Waals surface area contributed by atoms with Gasteiger partial charge in [-0.2, -0.15) is 0 Å². The van der Waals surface area contributed by atoms with Gasteiger partial charge in [0.1, 0.15) is 5.82 Å². The summed E-state index contributed by atoms with van der Waals surface area (Å²) in [5, 5.41) is 21.2. The summed E-state index contributed by atoms with van der Waals surface area (Å²) < 4.78 is 1.61. The van der Waals surface area contributed by atoms with Crippen LogP contribution in [-0.4, -0.2) is 37.6 Å². The number of aromatic carboxylic acids is 1. The summed E-state index contributed by atoms with van der Waals surface area (Å²) in [5.41, 5.74) is 0. The molecule has 90 valence electrons. The van der Waals surface area contributed by atoms with E-state index in [4.69, 9.17) is 10.2 Å². The maximum absolute atomic E-state index is 10.6. The van der Waals surface area contributed by atoms with E-state index in [1.54, 1.807) is 11.6 Å². The Morgan fingerprint density at radius 2 is 2.00 bits per heavy atom. The third-order valence-corrected chi connectivity index (χ3v) is 2.33. The van der Waals surface area contributed by atoms with E-state index in [0.717, 1.165) is 25.7 Å². The number of carboxylic acid groups (broad SMARTS) is 1. The molecule has 0 aromatic carbocycles. The summed E-state index contributed by atoms with van der Waals surface area (Å²) in [6.07, 6.45) is 3.72. The lowest BCUT2D eigenvalue weighted by molar-refractivity contribution is 0.0683. The Labute approximate surface area is 93.9 Å². The third-order valence-electron chi connectivity index (χ3n) is 2.33. The molecule has 0 saturated heterocycles. The Bertz CT molecular complexity index is 349. The first-order valence-corrected chi connectivity index (χ1v) is 5.40. The molecule has 0 aliphatic carbocycles. The van der Waals surface area contributed by atoms with Crippen molar-refractivity contribution < 1.29 is 15.0 Å². The molecule has 1 aromatic heterocycles. The van der Waals surface area contributed by atoms with Crippen molar-refractivity contribution in [2.75, 3.05) is 6.61 Å². The highest BCUT2D eigenvalue weighted by atomic mass is 16.4. The van der Waals surface area contributed by atoms with Crippen LogP contribution in [0.3, 0.4) is 0 Å². The molecular formula is C10H17N3O3. The van der Waals surface area contributed by atoms with Crippen LogP contribution in [0, 0.1) is 6.92 Å².